The molecular formula is C43H27N. The Hall–Kier alpha value is -5.66. The molecule has 8 aromatic rings. The molecule has 7 aromatic carbocycles. The Kier molecular flexibility index (Phi) is 4.71. The molecule has 0 N–H and O–H groups in total. The van der Waals surface area contributed by atoms with Gasteiger partial charge in [0.1, 0.15) is 0 Å². The molecule has 1 heteroatoms. The van der Waals surface area contributed by atoms with E-state index < -0.39 is 0 Å². The summed E-state index contributed by atoms with van der Waals surface area (Å²) in [6.07, 6.45) is 0. The average Bonchev–Trinajstić information content (AvgIpc) is 3.71. The van der Waals surface area contributed by atoms with E-state index in [9.17, 15) is 0 Å². The van der Waals surface area contributed by atoms with Gasteiger partial charge in [0.2, 0.25) is 0 Å². The molecule has 0 unspecified atom stereocenters. The molecule has 44 heavy (non-hydrogen) atoms. The van der Waals surface area contributed by atoms with Crippen LogP contribution in [0, 0.1) is 0 Å². The van der Waals surface area contributed by atoms with Crippen LogP contribution in [0.15, 0.2) is 164 Å². The van der Waals surface area contributed by atoms with Crippen molar-refractivity contribution in [2.45, 2.75) is 5.41 Å². The van der Waals surface area contributed by atoms with Gasteiger partial charge in [0.05, 0.1) is 16.4 Å². The highest BCUT2D eigenvalue weighted by atomic mass is 15.0. The van der Waals surface area contributed by atoms with Gasteiger partial charge in [0, 0.05) is 22.0 Å². The lowest BCUT2D eigenvalue weighted by Crippen LogP contribution is -2.25. The molecule has 0 bridgehead atoms. The van der Waals surface area contributed by atoms with E-state index in [1.54, 1.807) is 0 Å². The summed E-state index contributed by atoms with van der Waals surface area (Å²) in [7, 11) is 0. The van der Waals surface area contributed by atoms with Crippen molar-refractivity contribution < 1.29 is 0 Å². The maximum atomic E-state index is 2.51. The van der Waals surface area contributed by atoms with Crippen LogP contribution in [0.2, 0.25) is 0 Å². The van der Waals surface area contributed by atoms with Gasteiger partial charge in [-0.15, -0.1) is 0 Å². The Bertz CT molecular complexity index is 2400. The number of hydrogen-bond acceptors (Lipinski definition) is 0. The molecule has 204 valence electrons. The quantitative estimate of drug-likeness (QED) is 0.199. The third-order valence-electron chi connectivity index (χ3n) is 10.0. The predicted molar refractivity (Wildman–Crippen MR) is 183 cm³/mol. The lowest BCUT2D eigenvalue weighted by Gasteiger charge is -2.30. The van der Waals surface area contributed by atoms with Crippen LogP contribution in [0.5, 0.6) is 0 Å². The van der Waals surface area contributed by atoms with Crippen molar-refractivity contribution in [2.75, 3.05) is 0 Å². The minimum Gasteiger partial charge on any atom is -0.309 e. The lowest BCUT2D eigenvalue weighted by molar-refractivity contribution is 0.794. The lowest BCUT2D eigenvalue weighted by atomic mass is 9.70. The maximum Gasteiger partial charge on any atom is 0.0726 e. The number of aromatic nitrogens is 1. The second kappa shape index (κ2) is 8.69. The molecule has 2 aliphatic rings. The first-order valence-electron chi connectivity index (χ1n) is 15.4. The fraction of sp³-hybridized carbons (Fsp3) is 0.0233. The smallest absolute Gasteiger partial charge is 0.0726 e. The molecule has 0 atom stereocenters. The number of fused-ring (bicyclic) bond motifs is 14. The van der Waals surface area contributed by atoms with E-state index in [2.05, 4.69) is 168 Å². The van der Waals surface area contributed by atoms with Crippen LogP contribution < -0.4 is 0 Å². The molecule has 10 rings (SSSR count). The van der Waals surface area contributed by atoms with Crippen LogP contribution in [-0.4, -0.2) is 4.57 Å². The van der Waals surface area contributed by atoms with E-state index in [1.165, 1.54) is 83.1 Å². The largest absolute Gasteiger partial charge is 0.309 e. The van der Waals surface area contributed by atoms with Crippen molar-refractivity contribution >= 4 is 21.8 Å². The zero-order valence-corrected chi connectivity index (χ0v) is 24.0. The van der Waals surface area contributed by atoms with Gasteiger partial charge in [-0.2, -0.15) is 0 Å². The Labute approximate surface area is 256 Å². The normalized spacial score (nSPS) is 13.6. The van der Waals surface area contributed by atoms with Crippen molar-refractivity contribution in [2.24, 2.45) is 0 Å². The molecule has 0 radical (unpaired) electrons. The average molecular weight is 558 g/mol. The minimum absolute atomic E-state index is 0.361. The van der Waals surface area contributed by atoms with E-state index in [4.69, 9.17) is 0 Å². The molecule has 2 aliphatic carbocycles. The maximum absolute atomic E-state index is 2.51. The Morgan fingerprint density at radius 2 is 0.977 bits per heavy atom. The summed E-state index contributed by atoms with van der Waals surface area (Å²) in [6, 6.07) is 60.6. The van der Waals surface area contributed by atoms with Crippen molar-refractivity contribution in [3.8, 4) is 39.1 Å². The molecule has 0 fully saturated rings. The highest BCUT2D eigenvalue weighted by molar-refractivity contribution is 6.16. The summed E-state index contributed by atoms with van der Waals surface area (Å²) >= 11 is 0. The highest BCUT2D eigenvalue weighted by Gasteiger charge is 2.52. The SMILES string of the molecule is c1ccc(-c2cccc(-n3c4ccccc4c4ccc5c(c43)-c3ccccc3C53c4ccccc4-c4ccccc43)c2)cc1. The molecule has 0 saturated carbocycles. The van der Waals surface area contributed by atoms with E-state index in [0.717, 1.165) is 0 Å². The van der Waals surface area contributed by atoms with Crippen LogP contribution in [0.3, 0.4) is 0 Å². The number of nitrogens with zero attached hydrogens (tertiary/aromatic N) is 1. The van der Waals surface area contributed by atoms with Gasteiger partial charge < -0.3 is 4.57 Å². The second-order valence-corrected chi connectivity index (χ2v) is 12.0. The fourth-order valence-corrected chi connectivity index (χ4v) is 8.35. The van der Waals surface area contributed by atoms with Gasteiger partial charge in [-0.25, -0.2) is 0 Å². The molecular weight excluding hydrogens is 530 g/mol. The topological polar surface area (TPSA) is 4.93 Å². The van der Waals surface area contributed by atoms with E-state index in [1.807, 2.05) is 0 Å². The third kappa shape index (κ3) is 2.89. The van der Waals surface area contributed by atoms with E-state index in [0.29, 0.717) is 0 Å². The summed E-state index contributed by atoms with van der Waals surface area (Å²) in [5.41, 5.74) is 16.6. The van der Waals surface area contributed by atoms with Gasteiger partial charge in [-0.1, -0.05) is 146 Å². The summed E-state index contributed by atoms with van der Waals surface area (Å²) in [5.74, 6) is 0. The van der Waals surface area contributed by atoms with Gasteiger partial charge in [0.15, 0.2) is 0 Å². The number of rotatable bonds is 2. The molecule has 0 saturated heterocycles. The van der Waals surface area contributed by atoms with Crippen molar-refractivity contribution in [1.82, 2.24) is 4.57 Å². The zero-order valence-electron chi connectivity index (χ0n) is 24.0. The molecule has 1 spiro atoms. The second-order valence-electron chi connectivity index (χ2n) is 12.0. The van der Waals surface area contributed by atoms with Gasteiger partial charge >= 0.3 is 0 Å². The minimum atomic E-state index is -0.361. The summed E-state index contributed by atoms with van der Waals surface area (Å²) in [4.78, 5) is 0. The van der Waals surface area contributed by atoms with Crippen molar-refractivity contribution in [3.05, 3.63) is 186 Å². The van der Waals surface area contributed by atoms with Gasteiger partial charge in [0.25, 0.3) is 0 Å². The summed E-state index contributed by atoms with van der Waals surface area (Å²) in [6.45, 7) is 0. The predicted octanol–water partition coefficient (Wildman–Crippen LogP) is 10.8. The van der Waals surface area contributed by atoms with Crippen LogP contribution in [-0.2, 0) is 5.41 Å². The van der Waals surface area contributed by atoms with Crippen molar-refractivity contribution in [3.63, 3.8) is 0 Å². The van der Waals surface area contributed by atoms with Crippen LogP contribution >= 0.6 is 0 Å². The van der Waals surface area contributed by atoms with Crippen molar-refractivity contribution in [1.29, 1.82) is 0 Å². The third-order valence-corrected chi connectivity index (χ3v) is 10.0. The molecule has 1 nitrogen and oxygen atoms in total. The Morgan fingerprint density at radius 1 is 0.386 bits per heavy atom. The summed E-state index contributed by atoms with van der Waals surface area (Å²) in [5, 5.41) is 2.57. The highest BCUT2D eigenvalue weighted by Crippen LogP contribution is 2.64. The Morgan fingerprint density at radius 3 is 1.73 bits per heavy atom. The van der Waals surface area contributed by atoms with Gasteiger partial charge in [-0.3, -0.25) is 0 Å². The molecule has 1 heterocycles. The van der Waals surface area contributed by atoms with E-state index in [-0.39, 0.29) is 5.41 Å². The standard InChI is InChI=1S/C43H27N/c1-2-13-28(14-3-1)29-15-12-16-30(27-29)44-40-24-11-7-19-33(40)34-25-26-39-41(42(34)44)35-20-6-10-23-38(35)43(39)36-21-8-4-17-31(36)32-18-5-9-22-37(32)43/h1-27H. The number of para-hydroxylation sites is 1. The van der Waals surface area contributed by atoms with Crippen LogP contribution in [0.1, 0.15) is 22.3 Å². The molecule has 1 aromatic heterocycles. The number of hydrogen-bond donors (Lipinski definition) is 0. The first kappa shape index (κ1) is 23.9. The van der Waals surface area contributed by atoms with Crippen LogP contribution in [0.4, 0.5) is 0 Å². The Balaban J connectivity index is 1.38. The van der Waals surface area contributed by atoms with Crippen LogP contribution in [0.25, 0.3) is 60.9 Å². The molecule has 0 amide bonds. The molecule has 0 aliphatic heterocycles. The number of benzene rings is 7. The first-order valence-corrected chi connectivity index (χ1v) is 15.4. The zero-order chi connectivity index (χ0) is 28.8. The van der Waals surface area contributed by atoms with E-state index >= 15 is 0 Å². The van der Waals surface area contributed by atoms with Gasteiger partial charge in [-0.05, 0) is 68.3 Å². The fourth-order valence-electron chi connectivity index (χ4n) is 8.35. The monoisotopic (exact) mass is 557 g/mol. The first-order chi connectivity index (χ1) is 21.9. The summed E-state index contributed by atoms with van der Waals surface area (Å²) < 4.78 is 2.51.